The van der Waals surface area contributed by atoms with Gasteiger partial charge < -0.3 is 19.9 Å². The van der Waals surface area contributed by atoms with Gasteiger partial charge in [0.2, 0.25) is 5.85 Å². The third kappa shape index (κ3) is 17.2. The second-order valence-corrected chi connectivity index (χ2v) is 18.9. The smallest absolute Gasteiger partial charge is 0.405 e. The summed E-state index contributed by atoms with van der Waals surface area (Å²) in [4.78, 5) is 24.3. The number of hydrogen-bond acceptors (Lipinski definition) is 12. The summed E-state index contributed by atoms with van der Waals surface area (Å²) in [6.45, 7) is 24.8. The van der Waals surface area contributed by atoms with Crippen molar-refractivity contribution in [3.8, 4) is 0 Å². The van der Waals surface area contributed by atoms with Crippen molar-refractivity contribution >= 4 is 41.6 Å². The van der Waals surface area contributed by atoms with Crippen LogP contribution in [0.5, 0.6) is 0 Å². The van der Waals surface area contributed by atoms with E-state index in [9.17, 15) is 14.2 Å². The van der Waals surface area contributed by atoms with Crippen LogP contribution in [0.1, 0.15) is 141 Å². The molecule has 0 aliphatic carbocycles. The van der Waals surface area contributed by atoms with Gasteiger partial charge in [0, 0.05) is 28.8 Å². The summed E-state index contributed by atoms with van der Waals surface area (Å²) in [5, 5.41) is 0.231. The molecule has 2 N–H and O–H groups in total. The molecule has 2 fully saturated rings. The van der Waals surface area contributed by atoms with Gasteiger partial charge in [-0.3, -0.25) is 23.2 Å². The molecular weight excluding hydrogens is 717 g/mol. The number of alkyl halides is 1. The fourth-order valence-electron chi connectivity index (χ4n) is 4.78. The Hall–Kier alpha value is -0.500. The van der Waals surface area contributed by atoms with Crippen LogP contribution in [-0.4, -0.2) is 71.0 Å². The second kappa shape index (κ2) is 23.4. The monoisotopic (exact) mass is 787 g/mol. The SMILES string of the molecule is C/C=C\N.CCC.CCC1(CC)O[C@@H]2[C@@](F)(CCOP(=O)(OCCCCSC(=O)C(C)(C)C)OCCCCSC(=O)C(C)(C)C)OC(C)[C@]2(C)O1. The largest absolute Gasteiger partial charge is 0.474 e. The number of fused-ring (bicyclic) bond motifs is 1. The number of ether oxygens (including phenoxy) is 3. The van der Waals surface area contributed by atoms with Crippen molar-refractivity contribution in [3.05, 3.63) is 12.3 Å². The molecule has 0 spiro atoms. The Bertz CT molecular complexity index is 1050. The number of unbranched alkanes of at least 4 members (excludes halogenated alkanes) is 2. The van der Waals surface area contributed by atoms with Crippen LogP contribution in [0.25, 0.3) is 0 Å². The van der Waals surface area contributed by atoms with Crippen LogP contribution in [0.15, 0.2) is 12.3 Å². The van der Waals surface area contributed by atoms with E-state index in [1.54, 1.807) is 19.9 Å². The third-order valence-electron chi connectivity index (χ3n) is 8.06. The normalized spacial score (nSPS) is 24.4. The van der Waals surface area contributed by atoms with Crippen LogP contribution < -0.4 is 5.73 Å². The molecule has 0 aromatic carbocycles. The Morgan fingerprint density at radius 3 is 1.63 bits per heavy atom. The van der Waals surface area contributed by atoms with Crippen molar-refractivity contribution in [1.82, 2.24) is 0 Å². The molecule has 2 rings (SSSR count). The predicted octanol–water partition coefficient (Wildman–Crippen LogP) is 10.4. The number of phosphoric acid groups is 1. The summed E-state index contributed by atoms with van der Waals surface area (Å²) in [6, 6.07) is 0. The molecule has 4 atom stereocenters. The van der Waals surface area contributed by atoms with Crippen LogP contribution in [-0.2, 0) is 41.9 Å². The van der Waals surface area contributed by atoms with Gasteiger partial charge in [0.25, 0.3) is 0 Å². The molecule has 302 valence electrons. The molecule has 14 heteroatoms. The van der Waals surface area contributed by atoms with E-state index in [0.717, 1.165) is 0 Å². The van der Waals surface area contributed by atoms with Crippen LogP contribution in [0.2, 0.25) is 0 Å². The van der Waals surface area contributed by atoms with Gasteiger partial charge in [0.1, 0.15) is 5.60 Å². The first-order valence-corrected chi connectivity index (χ1v) is 22.0. The van der Waals surface area contributed by atoms with Gasteiger partial charge in [-0.1, -0.05) is 105 Å². The van der Waals surface area contributed by atoms with Crippen molar-refractivity contribution < 1.29 is 46.3 Å². The zero-order valence-electron chi connectivity index (χ0n) is 33.9. The molecule has 2 heterocycles. The molecule has 0 aromatic heterocycles. The quantitative estimate of drug-likeness (QED) is 0.105. The molecule has 0 amide bonds. The first kappa shape index (κ1) is 50.5. The number of phosphoric ester groups is 1. The lowest BCUT2D eigenvalue weighted by molar-refractivity contribution is -0.265. The highest BCUT2D eigenvalue weighted by Crippen LogP contribution is 2.56. The van der Waals surface area contributed by atoms with Crippen LogP contribution >= 0.6 is 31.3 Å². The van der Waals surface area contributed by atoms with E-state index in [4.69, 9.17) is 33.5 Å². The molecule has 10 nitrogen and oxygen atoms in total. The molecule has 2 saturated heterocycles. The highest BCUT2D eigenvalue weighted by Gasteiger charge is 2.70. The number of hydrogen-bond donors (Lipinski definition) is 1. The van der Waals surface area contributed by atoms with Crippen LogP contribution in [0.4, 0.5) is 4.39 Å². The molecule has 51 heavy (non-hydrogen) atoms. The van der Waals surface area contributed by atoms with Gasteiger partial charge in [0.15, 0.2) is 22.1 Å². The first-order chi connectivity index (χ1) is 23.6. The minimum Gasteiger partial charge on any atom is -0.405 e. The first-order valence-electron chi connectivity index (χ1n) is 18.5. The van der Waals surface area contributed by atoms with E-state index in [0.29, 0.717) is 50.0 Å². The minimum atomic E-state index is -4.03. The fraction of sp³-hybridized carbons (Fsp3) is 0.892. The van der Waals surface area contributed by atoms with Gasteiger partial charge in [-0.15, -0.1) is 0 Å². The summed E-state index contributed by atoms with van der Waals surface area (Å²) in [5.41, 5.74) is 3.05. The predicted molar refractivity (Wildman–Crippen MR) is 209 cm³/mol. The number of carbonyl (C=O) groups excluding carboxylic acids is 2. The maximum Gasteiger partial charge on any atom is 0.474 e. The molecule has 0 radical (unpaired) electrons. The Balaban J connectivity index is 0.00000327. The summed E-state index contributed by atoms with van der Waals surface area (Å²) in [7, 11) is -4.03. The Kier molecular flexibility index (Phi) is 23.2. The molecule has 2 aliphatic rings. The number of allylic oxidation sites excluding steroid dienone is 1. The van der Waals surface area contributed by atoms with Gasteiger partial charge in [0.05, 0.1) is 25.9 Å². The summed E-state index contributed by atoms with van der Waals surface area (Å²) < 4.78 is 64.9. The minimum absolute atomic E-state index is 0.0962. The van der Waals surface area contributed by atoms with Crippen molar-refractivity contribution in [2.45, 2.75) is 171 Å². The fourth-order valence-corrected chi connectivity index (χ4v) is 7.96. The van der Waals surface area contributed by atoms with Gasteiger partial charge >= 0.3 is 7.82 Å². The van der Waals surface area contributed by atoms with E-state index in [-0.39, 0.29) is 36.5 Å². The Labute approximate surface area is 317 Å². The van der Waals surface area contributed by atoms with Crippen molar-refractivity contribution in [2.75, 3.05) is 31.3 Å². The zero-order chi connectivity index (χ0) is 39.6. The van der Waals surface area contributed by atoms with Crippen molar-refractivity contribution in [1.29, 1.82) is 0 Å². The van der Waals surface area contributed by atoms with Crippen LogP contribution in [0.3, 0.4) is 0 Å². The highest BCUT2D eigenvalue weighted by atomic mass is 32.2. The van der Waals surface area contributed by atoms with E-state index in [1.807, 2.05) is 62.3 Å². The Morgan fingerprint density at radius 2 is 1.25 bits per heavy atom. The van der Waals surface area contributed by atoms with Gasteiger partial charge in [-0.25, -0.2) is 8.96 Å². The number of thioether (sulfide) groups is 2. The molecule has 1 unspecified atom stereocenters. The lowest BCUT2D eigenvalue weighted by atomic mass is 9.92. The number of halogens is 1. The van der Waals surface area contributed by atoms with Gasteiger partial charge in [-0.2, -0.15) is 0 Å². The maximum absolute atomic E-state index is 16.3. The average Bonchev–Trinajstić information content (AvgIpc) is 3.47. The molecule has 0 bridgehead atoms. The van der Waals surface area contributed by atoms with Gasteiger partial charge in [-0.05, 0) is 65.5 Å². The Morgan fingerprint density at radius 1 is 0.843 bits per heavy atom. The summed E-state index contributed by atoms with van der Waals surface area (Å²) in [6.07, 6.45) is 6.31. The van der Waals surface area contributed by atoms with Crippen LogP contribution in [0, 0.1) is 10.8 Å². The van der Waals surface area contributed by atoms with Crippen molar-refractivity contribution in [2.24, 2.45) is 16.6 Å². The topological polar surface area (TPSA) is 133 Å². The van der Waals surface area contributed by atoms with Crippen molar-refractivity contribution in [3.63, 3.8) is 0 Å². The lowest BCUT2D eigenvalue weighted by Gasteiger charge is -2.31. The van der Waals surface area contributed by atoms with E-state index >= 15 is 4.39 Å². The third-order valence-corrected chi connectivity index (χ3v) is 12.3. The molecular formula is C37H71FNO9PS2. The maximum atomic E-state index is 16.3. The summed E-state index contributed by atoms with van der Waals surface area (Å²) >= 11 is 2.55. The number of nitrogens with two attached hydrogens (primary N) is 1. The number of carbonyl (C=O) groups is 2. The van der Waals surface area contributed by atoms with E-state index < -0.39 is 48.1 Å². The zero-order valence-corrected chi connectivity index (χ0v) is 36.4. The highest BCUT2D eigenvalue weighted by molar-refractivity contribution is 8.14. The van der Waals surface area contributed by atoms with E-state index in [2.05, 4.69) is 13.8 Å². The molecule has 0 saturated carbocycles. The standard InChI is InChI=1S/C31H56FO9PS2.C3H7N.C3H8/c1-11-30(12-2)40-24-29(10,41-30)23(3)39-31(24,32)17-20-38-42(35,36-18-13-15-21-43-25(33)27(4,5)6)37-19-14-16-22-44-26(34)28(7,8)9;1-2-3-4;1-3-2/h23-24H,11-22H2,1-10H3;2-3H,4H2,1H3;3H2,1-2H3/b;3-2-;/t23?,24-,29-,31+;;/m0../s1. The molecule has 2 aliphatic heterocycles. The number of rotatable bonds is 18. The summed E-state index contributed by atoms with van der Waals surface area (Å²) in [5.74, 6) is -1.85. The molecule has 0 aromatic rings. The lowest BCUT2D eigenvalue weighted by Crippen LogP contribution is -2.45. The second-order valence-electron chi connectivity index (χ2n) is 15.1. The average molecular weight is 788 g/mol. The van der Waals surface area contributed by atoms with E-state index in [1.165, 1.54) is 36.1 Å².